The van der Waals surface area contributed by atoms with E-state index in [4.69, 9.17) is 5.11 Å². The van der Waals surface area contributed by atoms with Gasteiger partial charge in [-0.15, -0.1) is 0 Å². The Balaban J connectivity index is 1.95. The number of amides is 2. The molecule has 0 saturated carbocycles. The Morgan fingerprint density at radius 3 is 2.25 bits per heavy atom. The normalized spacial score (nSPS) is 16.8. The van der Waals surface area contributed by atoms with E-state index < -0.39 is 35.9 Å². The fourth-order valence-corrected chi connectivity index (χ4v) is 3.21. The molecule has 1 unspecified atom stereocenters. The maximum Gasteiger partial charge on any atom is 0.322 e. The lowest BCUT2D eigenvalue weighted by Crippen LogP contribution is -2.44. The van der Waals surface area contributed by atoms with E-state index >= 15 is 0 Å². The lowest BCUT2D eigenvalue weighted by molar-refractivity contribution is -0.139. The molecule has 0 aliphatic carbocycles. The summed E-state index contributed by atoms with van der Waals surface area (Å²) in [6, 6.07) is 18.1. The van der Waals surface area contributed by atoms with E-state index in [0.29, 0.717) is 0 Å². The second-order valence-electron chi connectivity index (χ2n) is 6.45. The van der Waals surface area contributed by atoms with Gasteiger partial charge in [0.05, 0.1) is 6.04 Å². The van der Waals surface area contributed by atoms with E-state index in [-0.39, 0.29) is 18.7 Å². The number of hydrogen-bond donors (Lipinski definition) is 3. The summed E-state index contributed by atoms with van der Waals surface area (Å²) < 4.78 is 0. The lowest BCUT2D eigenvalue weighted by Gasteiger charge is -2.36. The number of hydrogen-bond acceptors (Lipinski definition) is 4. The number of carbonyl (C=O) groups is 3. The molecule has 1 aliphatic heterocycles. The number of nitrogens with one attached hydrogen (secondary N) is 1. The second-order valence-corrected chi connectivity index (χ2v) is 6.45. The minimum absolute atomic E-state index is 0.0679. The molecule has 0 radical (unpaired) electrons. The Morgan fingerprint density at radius 1 is 1.04 bits per heavy atom. The summed E-state index contributed by atoms with van der Waals surface area (Å²) in [4.78, 5) is 37.7. The monoisotopic (exact) mass is 380 g/mol. The van der Waals surface area contributed by atoms with Crippen molar-refractivity contribution in [3.63, 3.8) is 0 Å². The van der Waals surface area contributed by atoms with Crippen molar-refractivity contribution in [2.75, 3.05) is 6.54 Å². The van der Waals surface area contributed by atoms with Gasteiger partial charge in [-0.25, -0.2) is 0 Å². The third-order valence-corrected chi connectivity index (χ3v) is 4.53. The second kappa shape index (κ2) is 8.39. The molecule has 0 fully saturated rings. The summed E-state index contributed by atoms with van der Waals surface area (Å²) in [6.07, 6.45) is 0.0679. The van der Waals surface area contributed by atoms with Crippen LogP contribution in [0.3, 0.4) is 0 Å². The first-order valence-electron chi connectivity index (χ1n) is 8.79. The first kappa shape index (κ1) is 19.2. The number of benzene rings is 2. The third-order valence-electron chi connectivity index (χ3n) is 4.53. The highest BCUT2D eigenvalue weighted by Gasteiger charge is 2.38. The van der Waals surface area contributed by atoms with Gasteiger partial charge in [0, 0.05) is 13.0 Å². The van der Waals surface area contributed by atoms with E-state index in [1.807, 2.05) is 60.7 Å². The van der Waals surface area contributed by atoms with Crippen molar-refractivity contribution >= 4 is 17.8 Å². The summed E-state index contributed by atoms with van der Waals surface area (Å²) in [6.45, 7) is -0.383. The zero-order chi connectivity index (χ0) is 20.1. The molecule has 0 aromatic heterocycles. The Kier molecular flexibility index (Phi) is 5.74. The van der Waals surface area contributed by atoms with Gasteiger partial charge in [0.2, 0.25) is 0 Å². The number of carbonyl (C=O) groups excluding carboxylic acids is 2. The van der Waals surface area contributed by atoms with E-state index in [1.54, 1.807) is 0 Å². The van der Waals surface area contributed by atoms with Crippen LogP contribution >= 0.6 is 0 Å². The van der Waals surface area contributed by atoms with Crippen molar-refractivity contribution in [3.05, 3.63) is 83.1 Å². The van der Waals surface area contributed by atoms with E-state index in [2.05, 4.69) is 5.32 Å². The molecule has 1 aliphatic rings. The predicted octanol–water partition coefficient (Wildman–Crippen LogP) is 2.17. The summed E-state index contributed by atoms with van der Waals surface area (Å²) >= 11 is 0. The highest BCUT2D eigenvalue weighted by Crippen LogP contribution is 2.35. The van der Waals surface area contributed by atoms with Crippen LogP contribution in [0.4, 0.5) is 0 Å². The zero-order valence-electron chi connectivity index (χ0n) is 15.0. The van der Waals surface area contributed by atoms with Gasteiger partial charge in [0.15, 0.2) is 0 Å². The first-order valence-corrected chi connectivity index (χ1v) is 8.79. The predicted molar refractivity (Wildman–Crippen MR) is 101 cm³/mol. The first-order chi connectivity index (χ1) is 13.5. The van der Waals surface area contributed by atoms with Crippen LogP contribution in [0.5, 0.6) is 0 Å². The molecule has 28 heavy (non-hydrogen) atoms. The van der Waals surface area contributed by atoms with Gasteiger partial charge in [-0.2, -0.15) is 0 Å². The van der Waals surface area contributed by atoms with Gasteiger partial charge >= 0.3 is 5.97 Å². The van der Waals surface area contributed by atoms with Crippen molar-refractivity contribution in [2.45, 2.75) is 19.0 Å². The molecule has 7 nitrogen and oxygen atoms in total. The minimum atomic E-state index is -1.24. The highest BCUT2D eigenvalue weighted by molar-refractivity contribution is 6.19. The molecular formula is C21H20N2O5. The van der Waals surface area contributed by atoms with Crippen molar-refractivity contribution < 1.29 is 24.6 Å². The Bertz CT molecular complexity index is 909. The molecule has 0 spiro atoms. The highest BCUT2D eigenvalue weighted by atomic mass is 16.4. The molecule has 0 bridgehead atoms. The molecule has 2 amide bonds. The number of rotatable bonds is 6. The van der Waals surface area contributed by atoms with Gasteiger partial charge in [0.1, 0.15) is 17.9 Å². The van der Waals surface area contributed by atoms with Crippen molar-refractivity contribution in [2.24, 2.45) is 0 Å². The fraction of sp³-hybridized carbons (Fsp3) is 0.190. The van der Waals surface area contributed by atoms with Gasteiger partial charge in [0.25, 0.3) is 11.8 Å². The maximum atomic E-state index is 13.1. The Hall–Kier alpha value is -3.61. The molecular weight excluding hydrogens is 360 g/mol. The van der Waals surface area contributed by atoms with Gasteiger partial charge in [-0.3, -0.25) is 14.4 Å². The number of carboxylic acid groups (broad SMARTS) is 1. The van der Waals surface area contributed by atoms with Gasteiger partial charge < -0.3 is 20.4 Å². The summed E-state index contributed by atoms with van der Waals surface area (Å²) in [5, 5.41) is 21.3. The van der Waals surface area contributed by atoms with Crippen molar-refractivity contribution in [1.29, 1.82) is 0 Å². The molecule has 2 aromatic carbocycles. The average molecular weight is 380 g/mol. The lowest BCUT2D eigenvalue weighted by atomic mass is 9.93. The standard InChI is InChI=1S/C21H20N2O5/c24-17-11-16(15-9-5-2-6-10-15)23(13-14-7-3-1-4-8-14)21(28)19(17)20(27)22-12-18(25)26/h1-10,16,24H,11-13H2,(H,22,27)(H,25,26). The van der Waals surface area contributed by atoms with E-state index in [1.165, 1.54) is 4.90 Å². The average Bonchev–Trinajstić information content (AvgIpc) is 2.70. The molecule has 0 saturated heterocycles. The Morgan fingerprint density at radius 2 is 1.64 bits per heavy atom. The SMILES string of the molecule is O=C(O)CNC(=O)C1=C(O)CC(c2ccccc2)N(Cc2ccccc2)C1=O. The van der Waals surface area contributed by atoms with Crippen LogP contribution in [-0.4, -0.2) is 39.4 Å². The largest absolute Gasteiger partial charge is 0.511 e. The summed E-state index contributed by atoms with van der Waals surface area (Å²) in [7, 11) is 0. The Labute approximate surface area is 161 Å². The van der Waals surface area contributed by atoms with Crippen LogP contribution in [0.25, 0.3) is 0 Å². The summed E-state index contributed by atoms with van der Waals surface area (Å²) in [5.74, 6) is -3.11. The van der Waals surface area contributed by atoms with Crippen LogP contribution in [0.15, 0.2) is 72.0 Å². The third kappa shape index (κ3) is 4.20. The molecule has 2 aromatic rings. The quantitative estimate of drug-likeness (QED) is 0.666. The fourth-order valence-electron chi connectivity index (χ4n) is 3.21. The number of nitrogens with zero attached hydrogens (tertiary/aromatic N) is 1. The zero-order valence-corrected chi connectivity index (χ0v) is 15.0. The van der Waals surface area contributed by atoms with Crippen LogP contribution in [-0.2, 0) is 20.9 Å². The maximum absolute atomic E-state index is 13.1. The van der Waals surface area contributed by atoms with Gasteiger partial charge in [-0.1, -0.05) is 60.7 Å². The number of aliphatic hydroxyl groups is 1. The summed E-state index contributed by atoms with van der Waals surface area (Å²) in [5.41, 5.74) is 1.30. The molecule has 3 rings (SSSR count). The van der Waals surface area contributed by atoms with Crippen molar-refractivity contribution in [1.82, 2.24) is 10.2 Å². The smallest absolute Gasteiger partial charge is 0.322 e. The molecule has 1 atom stereocenters. The van der Waals surface area contributed by atoms with Crippen LogP contribution in [0.2, 0.25) is 0 Å². The van der Waals surface area contributed by atoms with E-state index in [9.17, 15) is 19.5 Å². The van der Waals surface area contributed by atoms with Crippen molar-refractivity contribution in [3.8, 4) is 0 Å². The number of carboxylic acids is 1. The van der Waals surface area contributed by atoms with Crippen LogP contribution < -0.4 is 5.32 Å². The number of aliphatic carboxylic acids is 1. The number of aliphatic hydroxyl groups excluding tert-OH is 1. The molecule has 7 heteroatoms. The molecule has 3 N–H and O–H groups in total. The van der Waals surface area contributed by atoms with Crippen LogP contribution in [0, 0.1) is 0 Å². The van der Waals surface area contributed by atoms with Gasteiger partial charge in [-0.05, 0) is 11.1 Å². The molecule has 144 valence electrons. The topological polar surface area (TPSA) is 107 Å². The van der Waals surface area contributed by atoms with E-state index in [0.717, 1.165) is 11.1 Å². The minimum Gasteiger partial charge on any atom is -0.511 e. The molecule has 1 heterocycles. The van der Waals surface area contributed by atoms with Crippen LogP contribution in [0.1, 0.15) is 23.6 Å².